The van der Waals surface area contributed by atoms with Gasteiger partial charge < -0.3 is 10.4 Å². The highest BCUT2D eigenvalue weighted by Crippen LogP contribution is 2.28. The Balaban J connectivity index is 2.24. The maximum absolute atomic E-state index is 12.0. The Hall–Kier alpha value is -2.60. The molecule has 7 heteroatoms. The fourth-order valence-electron chi connectivity index (χ4n) is 1.72. The second-order valence-corrected chi connectivity index (χ2v) is 4.51. The van der Waals surface area contributed by atoms with E-state index >= 15 is 0 Å². The lowest BCUT2D eigenvalue weighted by atomic mass is 10.1. The topological polar surface area (TPSA) is 92.5 Å². The number of hydrogen-bond acceptors (Lipinski definition) is 4. The minimum Gasteiger partial charge on any atom is -0.508 e. The molecule has 0 aliphatic rings. The van der Waals surface area contributed by atoms with Gasteiger partial charge in [-0.2, -0.15) is 0 Å². The van der Waals surface area contributed by atoms with Crippen LogP contribution in [0.5, 0.6) is 5.75 Å². The first-order valence-corrected chi connectivity index (χ1v) is 6.48. The highest BCUT2D eigenvalue weighted by Gasteiger charge is 2.17. The highest BCUT2D eigenvalue weighted by molar-refractivity contribution is 6.17. The van der Waals surface area contributed by atoms with Crippen LogP contribution < -0.4 is 5.32 Å². The quantitative estimate of drug-likeness (QED) is 0.392. The Morgan fingerprint density at radius 1 is 1.24 bits per heavy atom. The lowest BCUT2D eigenvalue weighted by molar-refractivity contribution is -0.384. The number of aromatic hydroxyl groups is 1. The molecule has 2 aromatic rings. The van der Waals surface area contributed by atoms with Gasteiger partial charge in [0, 0.05) is 11.4 Å². The Labute approximate surface area is 125 Å². The van der Waals surface area contributed by atoms with Crippen molar-refractivity contribution in [3.05, 3.63) is 63.7 Å². The number of carbonyl (C=O) groups excluding carboxylic acids is 1. The van der Waals surface area contributed by atoms with Gasteiger partial charge in [-0.1, -0.05) is 12.1 Å². The minimum absolute atomic E-state index is 0.0178. The van der Waals surface area contributed by atoms with Crippen molar-refractivity contribution in [2.75, 3.05) is 5.32 Å². The molecule has 0 saturated carbocycles. The molecule has 108 valence electrons. The molecule has 2 rings (SSSR count). The Bertz CT molecular complexity index is 686. The molecule has 2 N–H and O–H groups in total. The summed E-state index contributed by atoms with van der Waals surface area (Å²) in [6.45, 7) is 0. The number of nitrogens with zero attached hydrogens (tertiary/aromatic N) is 1. The van der Waals surface area contributed by atoms with Crippen molar-refractivity contribution in [1.29, 1.82) is 0 Å². The molecule has 0 radical (unpaired) electrons. The number of phenolic OH excluding ortho intramolecular Hbond substituents is 1. The van der Waals surface area contributed by atoms with E-state index in [1.807, 2.05) is 0 Å². The average Bonchev–Trinajstić information content (AvgIpc) is 2.49. The highest BCUT2D eigenvalue weighted by atomic mass is 35.5. The number of amides is 1. The van der Waals surface area contributed by atoms with Gasteiger partial charge in [-0.15, -0.1) is 11.6 Å². The van der Waals surface area contributed by atoms with E-state index in [9.17, 15) is 20.0 Å². The molecule has 0 aliphatic heterocycles. The van der Waals surface area contributed by atoms with Crippen LogP contribution in [0.25, 0.3) is 0 Å². The summed E-state index contributed by atoms with van der Waals surface area (Å²) >= 11 is 5.66. The summed E-state index contributed by atoms with van der Waals surface area (Å²) in [6, 6.07) is 10.1. The summed E-state index contributed by atoms with van der Waals surface area (Å²) in [5.41, 5.74) is 0.861. The van der Waals surface area contributed by atoms with Crippen molar-refractivity contribution in [3.63, 3.8) is 0 Å². The maximum atomic E-state index is 12.0. The van der Waals surface area contributed by atoms with Crippen molar-refractivity contribution in [2.24, 2.45) is 0 Å². The number of anilines is 1. The van der Waals surface area contributed by atoms with Gasteiger partial charge >= 0.3 is 0 Å². The number of benzene rings is 2. The second-order valence-electron chi connectivity index (χ2n) is 4.24. The molecule has 0 atom stereocenters. The number of carbonyl (C=O) groups is 1. The minimum atomic E-state index is -0.675. The number of nitrogens with one attached hydrogen (secondary N) is 1. The molecule has 6 nitrogen and oxygen atoms in total. The number of hydrogen-bond donors (Lipinski definition) is 2. The third kappa shape index (κ3) is 3.49. The number of halogens is 1. The number of nitro benzene ring substituents is 1. The molecule has 0 unspecified atom stereocenters. The van der Waals surface area contributed by atoms with E-state index < -0.39 is 10.8 Å². The van der Waals surface area contributed by atoms with E-state index in [2.05, 4.69) is 5.32 Å². The third-order valence-corrected chi connectivity index (χ3v) is 3.11. The molecule has 0 saturated heterocycles. The predicted octanol–water partition coefficient (Wildman–Crippen LogP) is 3.29. The van der Waals surface area contributed by atoms with Crippen molar-refractivity contribution >= 4 is 28.9 Å². The number of alkyl halides is 1. The predicted molar refractivity (Wildman–Crippen MR) is 78.7 cm³/mol. The van der Waals surface area contributed by atoms with Crippen molar-refractivity contribution < 1.29 is 14.8 Å². The molecule has 0 fully saturated rings. The van der Waals surface area contributed by atoms with Gasteiger partial charge in [-0.25, -0.2) is 0 Å². The molecule has 21 heavy (non-hydrogen) atoms. The van der Waals surface area contributed by atoms with Gasteiger partial charge in [0.2, 0.25) is 0 Å². The molecule has 0 bridgehead atoms. The third-order valence-electron chi connectivity index (χ3n) is 2.80. The smallest absolute Gasteiger partial charge is 0.296 e. The summed E-state index contributed by atoms with van der Waals surface area (Å²) < 4.78 is 0. The van der Waals surface area contributed by atoms with Crippen LogP contribution in [0, 0.1) is 10.1 Å². The van der Waals surface area contributed by atoms with Crippen LogP contribution in [0.15, 0.2) is 42.5 Å². The maximum Gasteiger partial charge on any atom is 0.296 e. The van der Waals surface area contributed by atoms with E-state index in [1.54, 1.807) is 24.3 Å². The summed E-state index contributed by atoms with van der Waals surface area (Å²) in [5, 5.41) is 22.6. The van der Waals surface area contributed by atoms with Gasteiger partial charge in [0.05, 0.1) is 11.0 Å². The number of rotatable bonds is 4. The van der Waals surface area contributed by atoms with Crippen molar-refractivity contribution in [3.8, 4) is 5.75 Å². The van der Waals surface area contributed by atoms with Gasteiger partial charge in [-0.05, 0) is 29.8 Å². The van der Waals surface area contributed by atoms with Gasteiger partial charge in [0.15, 0.2) is 0 Å². The average molecular weight is 307 g/mol. The first-order valence-electron chi connectivity index (χ1n) is 5.95. The summed E-state index contributed by atoms with van der Waals surface area (Å²) in [5.74, 6) is -0.387. The van der Waals surface area contributed by atoms with Crippen molar-refractivity contribution in [1.82, 2.24) is 0 Å². The van der Waals surface area contributed by atoms with Crippen LogP contribution in [0.2, 0.25) is 0 Å². The molecule has 1 amide bonds. The van der Waals surface area contributed by atoms with E-state index in [1.165, 1.54) is 12.1 Å². The first-order chi connectivity index (χ1) is 10.0. The van der Waals surface area contributed by atoms with Crippen LogP contribution in [0.3, 0.4) is 0 Å². The molecular weight excluding hydrogens is 296 g/mol. The molecule has 0 aromatic heterocycles. The first kappa shape index (κ1) is 14.8. The summed E-state index contributed by atoms with van der Waals surface area (Å²) in [4.78, 5) is 22.3. The monoisotopic (exact) mass is 306 g/mol. The van der Waals surface area contributed by atoms with E-state index in [-0.39, 0.29) is 17.1 Å². The Kier molecular flexibility index (Phi) is 4.39. The Morgan fingerprint density at radius 2 is 1.90 bits per heavy atom. The Morgan fingerprint density at radius 3 is 2.48 bits per heavy atom. The van der Waals surface area contributed by atoms with Gasteiger partial charge in [0.25, 0.3) is 11.6 Å². The molecule has 0 aliphatic carbocycles. The second kappa shape index (κ2) is 6.23. The number of nitro groups is 1. The molecule has 2 aromatic carbocycles. The zero-order chi connectivity index (χ0) is 15.4. The van der Waals surface area contributed by atoms with Crippen LogP contribution in [-0.4, -0.2) is 15.9 Å². The van der Waals surface area contributed by atoms with E-state index in [0.717, 1.165) is 11.6 Å². The normalized spacial score (nSPS) is 10.1. The summed E-state index contributed by atoms with van der Waals surface area (Å²) in [6.07, 6.45) is 0. The largest absolute Gasteiger partial charge is 0.508 e. The standard InChI is InChI=1S/C14H11ClN2O4/c15-8-9-1-3-10(4-2-9)14(19)16-12-6-5-11(18)7-13(12)17(20)21/h1-7,18H,8H2,(H,16,19). The SMILES string of the molecule is O=C(Nc1ccc(O)cc1[N+](=O)[O-])c1ccc(CCl)cc1. The lowest BCUT2D eigenvalue weighted by Gasteiger charge is -2.07. The fourth-order valence-corrected chi connectivity index (χ4v) is 1.89. The zero-order valence-electron chi connectivity index (χ0n) is 10.7. The van der Waals surface area contributed by atoms with Crippen LogP contribution in [0.4, 0.5) is 11.4 Å². The molecule has 0 spiro atoms. The lowest BCUT2D eigenvalue weighted by Crippen LogP contribution is -2.13. The van der Waals surface area contributed by atoms with Crippen molar-refractivity contribution in [2.45, 2.75) is 5.88 Å². The van der Waals surface area contributed by atoms with Gasteiger partial charge in [0.1, 0.15) is 11.4 Å². The number of phenols is 1. The van der Waals surface area contributed by atoms with E-state index in [4.69, 9.17) is 11.6 Å². The zero-order valence-corrected chi connectivity index (χ0v) is 11.5. The van der Waals surface area contributed by atoms with E-state index in [0.29, 0.717) is 11.4 Å². The van der Waals surface area contributed by atoms with Crippen LogP contribution in [0.1, 0.15) is 15.9 Å². The molecule has 0 heterocycles. The molecular formula is C14H11ClN2O4. The fraction of sp³-hybridized carbons (Fsp3) is 0.0714. The van der Waals surface area contributed by atoms with Crippen LogP contribution in [-0.2, 0) is 5.88 Å². The van der Waals surface area contributed by atoms with Crippen LogP contribution >= 0.6 is 11.6 Å². The summed E-state index contributed by atoms with van der Waals surface area (Å²) in [7, 11) is 0. The van der Waals surface area contributed by atoms with Gasteiger partial charge in [-0.3, -0.25) is 14.9 Å².